The van der Waals surface area contributed by atoms with Crippen LogP contribution in [-0.2, 0) is 0 Å². The van der Waals surface area contributed by atoms with E-state index in [0.717, 1.165) is 51.6 Å². The average molecular weight is 473 g/mol. The van der Waals surface area contributed by atoms with Gasteiger partial charge in [-0.15, -0.1) is 24.0 Å². The second kappa shape index (κ2) is 11.0. The number of guanidine groups is 1. The van der Waals surface area contributed by atoms with Crippen LogP contribution in [0.25, 0.3) is 0 Å². The molecular weight excluding hydrogens is 437 g/mol. The number of piperazine rings is 1. The maximum absolute atomic E-state index is 4.28. The quantitative estimate of drug-likeness (QED) is 0.299. The van der Waals surface area contributed by atoms with Crippen molar-refractivity contribution in [2.45, 2.75) is 39.7 Å². The van der Waals surface area contributed by atoms with Crippen molar-refractivity contribution in [1.29, 1.82) is 0 Å². The molecule has 1 aromatic carbocycles. The smallest absolute Gasteiger partial charge is 0.191 e. The normalized spacial score (nSPS) is 16.2. The minimum Gasteiger partial charge on any atom is -0.369 e. The predicted octanol–water partition coefficient (Wildman–Crippen LogP) is 3.09. The fourth-order valence-corrected chi connectivity index (χ4v) is 3.10. The first-order valence-electron chi connectivity index (χ1n) is 9.40. The Morgan fingerprint density at radius 3 is 2.42 bits per heavy atom. The molecular formula is C20H36IN5. The number of nitrogens with zero attached hydrogens (tertiary/aromatic N) is 3. The van der Waals surface area contributed by atoms with Gasteiger partial charge in [-0.1, -0.05) is 12.1 Å². The molecule has 148 valence electrons. The van der Waals surface area contributed by atoms with Crippen LogP contribution in [0.3, 0.4) is 0 Å². The van der Waals surface area contributed by atoms with Gasteiger partial charge in [0.2, 0.25) is 0 Å². The van der Waals surface area contributed by atoms with Crippen LogP contribution in [0.4, 0.5) is 5.69 Å². The van der Waals surface area contributed by atoms with Crippen molar-refractivity contribution in [3.8, 4) is 0 Å². The first-order chi connectivity index (χ1) is 11.9. The van der Waals surface area contributed by atoms with Gasteiger partial charge in [0.05, 0.1) is 0 Å². The number of anilines is 1. The third-order valence-corrected chi connectivity index (χ3v) is 4.40. The van der Waals surface area contributed by atoms with Crippen molar-refractivity contribution >= 4 is 35.6 Å². The third-order valence-electron chi connectivity index (χ3n) is 4.40. The van der Waals surface area contributed by atoms with Gasteiger partial charge in [-0.3, -0.25) is 9.89 Å². The molecule has 0 atom stereocenters. The van der Waals surface area contributed by atoms with Gasteiger partial charge in [-0.05, 0) is 58.4 Å². The lowest BCUT2D eigenvalue weighted by atomic mass is 10.1. The van der Waals surface area contributed by atoms with E-state index in [4.69, 9.17) is 0 Å². The Morgan fingerprint density at radius 2 is 1.85 bits per heavy atom. The number of benzene rings is 1. The van der Waals surface area contributed by atoms with E-state index in [9.17, 15) is 0 Å². The monoisotopic (exact) mass is 473 g/mol. The van der Waals surface area contributed by atoms with Crippen LogP contribution in [-0.4, -0.2) is 62.7 Å². The molecule has 6 heteroatoms. The first kappa shape index (κ1) is 23.0. The summed E-state index contributed by atoms with van der Waals surface area (Å²) < 4.78 is 0. The van der Waals surface area contributed by atoms with Crippen LogP contribution in [0.15, 0.2) is 29.3 Å². The molecule has 2 N–H and O–H groups in total. The highest BCUT2D eigenvalue weighted by atomic mass is 127. The summed E-state index contributed by atoms with van der Waals surface area (Å²) in [6.07, 6.45) is 1.13. The maximum atomic E-state index is 4.28. The van der Waals surface area contributed by atoms with Crippen molar-refractivity contribution in [2.24, 2.45) is 4.99 Å². The van der Waals surface area contributed by atoms with Gasteiger partial charge in [0.15, 0.2) is 5.96 Å². The highest BCUT2D eigenvalue weighted by molar-refractivity contribution is 14.0. The molecule has 0 aliphatic carbocycles. The zero-order valence-corrected chi connectivity index (χ0v) is 19.3. The summed E-state index contributed by atoms with van der Waals surface area (Å²) in [6.45, 7) is 15.2. The molecule has 26 heavy (non-hydrogen) atoms. The van der Waals surface area contributed by atoms with Crippen molar-refractivity contribution in [3.63, 3.8) is 0 Å². The summed E-state index contributed by atoms with van der Waals surface area (Å²) in [7, 11) is 1.82. The fourth-order valence-electron chi connectivity index (χ4n) is 3.10. The van der Waals surface area contributed by atoms with Gasteiger partial charge in [-0.2, -0.15) is 0 Å². The Bertz CT molecular complexity index is 560. The van der Waals surface area contributed by atoms with Crippen molar-refractivity contribution in [2.75, 3.05) is 51.2 Å². The summed E-state index contributed by atoms with van der Waals surface area (Å²) in [5.41, 5.74) is 2.73. The lowest BCUT2D eigenvalue weighted by Crippen LogP contribution is -2.49. The number of nitrogens with one attached hydrogen (secondary N) is 2. The number of hydrogen-bond donors (Lipinski definition) is 2. The lowest BCUT2D eigenvalue weighted by Gasteiger charge is -2.36. The number of halogens is 1. The Kier molecular flexibility index (Phi) is 9.71. The standard InChI is InChI=1S/C20H35N5.HI/c1-17-8-6-9-18(16-17)25-14-12-24(13-15-25)11-7-10-22-19(21-5)23-20(2,3)4;/h6,8-9,16H,7,10-15H2,1-5H3,(H2,21,22,23);1H. The van der Waals surface area contributed by atoms with Crippen LogP contribution in [0, 0.1) is 6.92 Å². The van der Waals surface area contributed by atoms with Gasteiger partial charge >= 0.3 is 0 Å². The predicted molar refractivity (Wildman–Crippen MR) is 124 cm³/mol. The zero-order chi connectivity index (χ0) is 18.3. The number of aryl methyl sites for hydroxylation is 1. The summed E-state index contributed by atoms with van der Waals surface area (Å²) >= 11 is 0. The second-order valence-corrected chi connectivity index (χ2v) is 7.90. The average Bonchev–Trinajstić information content (AvgIpc) is 2.57. The van der Waals surface area contributed by atoms with Gasteiger partial charge in [0, 0.05) is 51.0 Å². The van der Waals surface area contributed by atoms with E-state index in [1.807, 2.05) is 7.05 Å². The maximum Gasteiger partial charge on any atom is 0.191 e. The molecule has 1 fully saturated rings. The molecule has 1 aliphatic rings. The molecule has 0 amide bonds. The van der Waals surface area contributed by atoms with Gasteiger partial charge in [0.25, 0.3) is 0 Å². The molecule has 0 radical (unpaired) electrons. The van der Waals surface area contributed by atoms with E-state index in [-0.39, 0.29) is 29.5 Å². The van der Waals surface area contributed by atoms with E-state index in [2.05, 4.69) is 77.4 Å². The molecule has 2 rings (SSSR count). The van der Waals surface area contributed by atoms with Crippen molar-refractivity contribution in [1.82, 2.24) is 15.5 Å². The molecule has 1 saturated heterocycles. The minimum atomic E-state index is 0. The molecule has 0 aromatic heterocycles. The van der Waals surface area contributed by atoms with Gasteiger partial charge in [0.1, 0.15) is 0 Å². The Balaban J connectivity index is 0.00000338. The summed E-state index contributed by atoms with van der Waals surface area (Å²) in [5.74, 6) is 0.886. The Hall–Kier alpha value is -1.02. The van der Waals surface area contributed by atoms with E-state index in [1.54, 1.807) is 0 Å². The first-order valence-corrected chi connectivity index (χ1v) is 9.40. The SMILES string of the molecule is CN=C(NCCCN1CCN(c2cccc(C)c2)CC1)NC(C)(C)C.I. The molecule has 0 saturated carbocycles. The number of hydrogen-bond acceptors (Lipinski definition) is 3. The van der Waals surface area contributed by atoms with E-state index < -0.39 is 0 Å². The highest BCUT2D eigenvalue weighted by Gasteiger charge is 2.17. The van der Waals surface area contributed by atoms with Crippen LogP contribution in [0.5, 0.6) is 0 Å². The largest absolute Gasteiger partial charge is 0.369 e. The molecule has 5 nitrogen and oxygen atoms in total. The molecule has 1 aliphatic heterocycles. The number of rotatable bonds is 5. The van der Waals surface area contributed by atoms with E-state index in [0.29, 0.717) is 0 Å². The van der Waals surface area contributed by atoms with E-state index >= 15 is 0 Å². The topological polar surface area (TPSA) is 42.9 Å². The van der Waals surface area contributed by atoms with Crippen LogP contribution in [0.2, 0.25) is 0 Å². The summed E-state index contributed by atoms with van der Waals surface area (Å²) in [6, 6.07) is 8.82. The van der Waals surface area contributed by atoms with Crippen LogP contribution < -0.4 is 15.5 Å². The van der Waals surface area contributed by atoms with Gasteiger partial charge < -0.3 is 15.5 Å². The van der Waals surface area contributed by atoms with Crippen LogP contribution >= 0.6 is 24.0 Å². The summed E-state index contributed by atoms with van der Waals surface area (Å²) in [4.78, 5) is 9.34. The fraction of sp³-hybridized carbons (Fsp3) is 0.650. The molecule has 0 bridgehead atoms. The number of aliphatic imine (C=N–C) groups is 1. The highest BCUT2D eigenvalue weighted by Crippen LogP contribution is 2.17. The molecule has 1 heterocycles. The molecule has 0 unspecified atom stereocenters. The van der Waals surface area contributed by atoms with E-state index in [1.165, 1.54) is 11.3 Å². The molecule has 0 spiro atoms. The van der Waals surface area contributed by atoms with Crippen molar-refractivity contribution in [3.05, 3.63) is 29.8 Å². The Labute approximate surface area is 176 Å². The summed E-state index contributed by atoms with van der Waals surface area (Å²) in [5, 5.41) is 6.80. The minimum absolute atomic E-state index is 0. The lowest BCUT2D eigenvalue weighted by molar-refractivity contribution is 0.255. The second-order valence-electron chi connectivity index (χ2n) is 7.90. The molecule has 1 aromatic rings. The van der Waals surface area contributed by atoms with Crippen molar-refractivity contribution < 1.29 is 0 Å². The van der Waals surface area contributed by atoms with Gasteiger partial charge in [-0.25, -0.2) is 0 Å². The third kappa shape index (κ3) is 8.12. The zero-order valence-electron chi connectivity index (χ0n) is 17.0. The Morgan fingerprint density at radius 1 is 1.15 bits per heavy atom. The van der Waals surface area contributed by atoms with Crippen LogP contribution in [0.1, 0.15) is 32.8 Å².